The van der Waals surface area contributed by atoms with Crippen molar-refractivity contribution in [3.63, 3.8) is 0 Å². The minimum Gasteiger partial charge on any atom is -0.493 e. The van der Waals surface area contributed by atoms with Gasteiger partial charge in [-0.2, -0.15) is 0 Å². The summed E-state index contributed by atoms with van der Waals surface area (Å²) in [4.78, 5) is 0. The smallest absolute Gasteiger partial charge is 0.164 e. The van der Waals surface area contributed by atoms with Gasteiger partial charge in [0.15, 0.2) is 5.05 Å². The molecule has 2 aromatic rings. The van der Waals surface area contributed by atoms with E-state index < -0.39 is 0 Å². The molecule has 4 heteroatoms. The second-order valence-corrected chi connectivity index (χ2v) is 6.33. The highest BCUT2D eigenvalue weighted by atomic mass is 32.1. The number of aryl methyl sites for hydroxylation is 3. The minimum atomic E-state index is 0.359. The molecule has 0 heterocycles. The molecule has 0 radical (unpaired) electrons. The van der Waals surface area contributed by atoms with Crippen molar-refractivity contribution in [2.75, 3.05) is 6.61 Å². The van der Waals surface area contributed by atoms with E-state index in [1.54, 1.807) is 6.92 Å². The maximum absolute atomic E-state index is 6.06. The summed E-state index contributed by atoms with van der Waals surface area (Å²) >= 11 is 5.07. The van der Waals surface area contributed by atoms with E-state index in [0.29, 0.717) is 24.0 Å². The van der Waals surface area contributed by atoms with Crippen LogP contribution in [0.3, 0.4) is 0 Å². The second kappa shape index (κ2) is 8.15. The van der Waals surface area contributed by atoms with Crippen LogP contribution in [0.5, 0.6) is 17.2 Å². The lowest BCUT2D eigenvalue weighted by Crippen LogP contribution is -2.07. The van der Waals surface area contributed by atoms with E-state index in [-0.39, 0.29) is 0 Å². The summed E-state index contributed by atoms with van der Waals surface area (Å²) in [6.45, 7) is 10.9. The van der Waals surface area contributed by atoms with Gasteiger partial charge in [0, 0.05) is 6.92 Å². The van der Waals surface area contributed by atoms with Gasteiger partial charge in [-0.25, -0.2) is 0 Å². The van der Waals surface area contributed by atoms with Crippen molar-refractivity contribution in [3.05, 3.63) is 52.6 Å². The van der Waals surface area contributed by atoms with E-state index in [1.165, 1.54) is 11.1 Å². The maximum atomic E-state index is 6.06. The van der Waals surface area contributed by atoms with Gasteiger partial charge in [-0.15, -0.1) is 0 Å². The highest BCUT2D eigenvalue weighted by Gasteiger charge is 2.13. The lowest BCUT2D eigenvalue weighted by molar-refractivity contribution is 0.280. The molecule has 0 aliphatic heterocycles. The Hall–Kier alpha value is -2.07. The Bertz CT molecular complexity index is 738. The van der Waals surface area contributed by atoms with Crippen molar-refractivity contribution >= 4 is 17.3 Å². The van der Waals surface area contributed by atoms with E-state index in [4.69, 9.17) is 26.4 Å². The third-order valence-corrected chi connectivity index (χ3v) is 3.89. The Morgan fingerprint density at radius 2 is 1.58 bits per heavy atom. The van der Waals surface area contributed by atoms with Crippen molar-refractivity contribution < 1.29 is 14.2 Å². The topological polar surface area (TPSA) is 27.7 Å². The fraction of sp³-hybridized carbons (Fsp3) is 0.350. The zero-order valence-corrected chi connectivity index (χ0v) is 15.8. The molecule has 0 amide bonds. The van der Waals surface area contributed by atoms with Gasteiger partial charge in [0.25, 0.3) is 0 Å². The number of hydrogen-bond acceptors (Lipinski definition) is 4. The molecule has 0 bridgehead atoms. The number of hydrogen-bond donors (Lipinski definition) is 0. The summed E-state index contributed by atoms with van der Waals surface area (Å²) in [5.41, 5.74) is 4.44. The molecule has 0 atom stereocenters. The van der Waals surface area contributed by atoms with E-state index in [0.717, 1.165) is 22.6 Å². The van der Waals surface area contributed by atoms with E-state index in [2.05, 4.69) is 32.9 Å². The summed E-state index contributed by atoms with van der Waals surface area (Å²) in [6.07, 6.45) is 0. The summed E-state index contributed by atoms with van der Waals surface area (Å²) in [5.74, 6) is 2.30. The SMILES string of the molecule is CCOc1cccc(OC(C)=S)c1COc1cc(C)c(C)cc1C. The van der Waals surface area contributed by atoms with Crippen LogP contribution in [-0.4, -0.2) is 11.7 Å². The van der Waals surface area contributed by atoms with Crippen LogP contribution in [0.25, 0.3) is 0 Å². The molecule has 0 saturated heterocycles. The second-order valence-electron chi connectivity index (χ2n) is 5.75. The molecule has 3 nitrogen and oxygen atoms in total. The quantitative estimate of drug-likeness (QED) is 0.663. The molecule has 0 aromatic heterocycles. The molecular formula is C20H24O3S. The molecule has 128 valence electrons. The average Bonchev–Trinajstić information content (AvgIpc) is 2.51. The number of rotatable bonds is 6. The first kappa shape index (κ1) is 18.3. The van der Waals surface area contributed by atoms with Crippen LogP contribution in [0.2, 0.25) is 0 Å². The number of ether oxygens (including phenoxy) is 3. The lowest BCUT2D eigenvalue weighted by Gasteiger charge is -2.17. The van der Waals surface area contributed by atoms with E-state index >= 15 is 0 Å². The molecule has 0 aliphatic carbocycles. The Morgan fingerprint density at radius 3 is 2.25 bits per heavy atom. The van der Waals surface area contributed by atoms with Gasteiger partial charge in [0.1, 0.15) is 23.9 Å². The van der Waals surface area contributed by atoms with Gasteiger partial charge in [-0.1, -0.05) is 12.1 Å². The molecule has 0 N–H and O–H groups in total. The molecule has 2 aromatic carbocycles. The summed E-state index contributed by atoms with van der Waals surface area (Å²) in [6, 6.07) is 9.89. The van der Waals surface area contributed by atoms with E-state index in [9.17, 15) is 0 Å². The Labute approximate surface area is 149 Å². The Morgan fingerprint density at radius 1 is 0.917 bits per heavy atom. The lowest BCUT2D eigenvalue weighted by atomic mass is 10.1. The summed E-state index contributed by atoms with van der Waals surface area (Å²) in [5, 5.41) is 0.465. The summed E-state index contributed by atoms with van der Waals surface area (Å²) < 4.78 is 17.4. The zero-order valence-electron chi connectivity index (χ0n) is 14.9. The number of thiocarbonyl (C=S) groups is 1. The molecule has 0 unspecified atom stereocenters. The first-order chi connectivity index (χ1) is 11.4. The monoisotopic (exact) mass is 344 g/mol. The van der Waals surface area contributed by atoms with Crippen LogP contribution in [-0.2, 0) is 6.61 Å². The molecular weight excluding hydrogens is 320 g/mol. The fourth-order valence-corrected chi connectivity index (χ4v) is 2.56. The van der Waals surface area contributed by atoms with Gasteiger partial charge in [0.05, 0.1) is 12.2 Å². The van der Waals surface area contributed by atoms with Crippen LogP contribution in [0.1, 0.15) is 36.1 Å². The molecule has 0 aliphatic rings. The maximum Gasteiger partial charge on any atom is 0.164 e. The average molecular weight is 344 g/mol. The van der Waals surface area contributed by atoms with Crippen LogP contribution < -0.4 is 14.2 Å². The van der Waals surface area contributed by atoms with Crippen LogP contribution in [0, 0.1) is 20.8 Å². The zero-order chi connectivity index (χ0) is 17.7. The van der Waals surface area contributed by atoms with Crippen molar-refractivity contribution in [2.45, 2.75) is 41.2 Å². The Balaban J connectivity index is 2.30. The molecule has 0 fully saturated rings. The fourth-order valence-electron chi connectivity index (χ4n) is 2.47. The highest BCUT2D eigenvalue weighted by molar-refractivity contribution is 7.80. The minimum absolute atomic E-state index is 0.359. The molecule has 2 rings (SSSR count). The molecule has 24 heavy (non-hydrogen) atoms. The van der Waals surface area contributed by atoms with E-state index in [1.807, 2.05) is 25.1 Å². The van der Waals surface area contributed by atoms with Crippen molar-refractivity contribution in [1.29, 1.82) is 0 Å². The van der Waals surface area contributed by atoms with Crippen molar-refractivity contribution in [1.82, 2.24) is 0 Å². The largest absolute Gasteiger partial charge is 0.493 e. The van der Waals surface area contributed by atoms with Gasteiger partial charge in [-0.3, -0.25) is 0 Å². The summed E-state index contributed by atoms with van der Waals surface area (Å²) in [7, 11) is 0. The Kier molecular flexibility index (Phi) is 6.21. The molecule has 0 saturated carbocycles. The third kappa shape index (κ3) is 4.48. The first-order valence-corrected chi connectivity index (χ1v) is 8.47. The van der Waals surface area contributed by atoms with Crippen molar-refractivity contribution in [3.8, 4) is 17.2 Å². The third-order valence-electron chi connectivity index (χ3n) is 3.81. The van der Waals surface area contributed by atoms with Gasteiger partial charge in [-0.05, 0) is 74.8 Å². The number of benzene rings is 2. The predicted octanol–water partition coefficient (Wildman–Crippen LogP) is 5.32. The molecule has 0 spiro atoms. The standard InChI is InChI=1S/C20H24O3S/c1-6-21-18-8-7-9-19(23-16(5)24)17(18)12-22-20-11-14(3)13(2)10-15(20)4/h7-11H,6,12H2,1-5H3. The predicted molar refractivity (Wildman–Crippen MR) is 101 cm³/mol. The van der Waals surface area contributed by atoms with Crippen molar-refractivity contribution in [2.24, 2.45) is 0 Å². The van der Waals surface area contributed by atoms with Gasteiger partial charge >= 0.3 is 0 Å². The van der Waals surface area contributed by atoms with Gasteiger partial charge < -0.3 is 14.2 Å². The highest BCUT2D eigenvalue weighted by Crippen LogP contribution is 2.31. The first-order valence-electron chi connectivity index (χ1n) is 8.06. The normalized spacial score (nSPS) is 10.4. The van der Waals surface area contributed by atoms with Gasteiger partial charge in [0.2, 0.25) is 0 Å². The van der Waals surface area contributed by atoms with Crippen LogP contribution >= 0.6 is 12.2 Å². The van der Waals surface area contributed by atoms with Crippen LogP contribution in [0.15, 0.2) is 30.3 Å². The van der Waals surface area contributed by atoms with Crippen LogP contribution in [0.4, 0.5) is 0 Å².